The van der Waals surface area contributed by atoms with Gasteiger partial charge in [0.2, 0.25) is 0 Å². The van der Waals surface area contributed by atoms with Crippen molar-refractivity contribution in [2.45, 2.75) is 6.17 Å². The lowest BCUT2D eigenvalue weighted by Gasteiger charge is -2.22. The number of rotatable bonds is 3. The number of hydrogen-bond acceptors (Lipinski definition) is 4. The summed E-state index contributed by atoms with van der Waals surface area (Å²) in [6, 6.07) is 7.42. The van der Waals surface area contributed by atoms with Crippen LogP contribution in [-0.2, 0) is 4.57 Å². The van der Waals surface area contributed by atoms with Crippen molar-refractivity contribution < 1.29 is 4.57 Å². The minimum Gasteiger partial charge on any atom is -0.359 e. The molecule has 1 aliphatic rings. The predicted molar refractivity (Wildman–Crippen MR) is 83.3 cm³/mol. The van der Waals surface area contributed by atoms with Gasteiger partial charge in [-0.05, 0) is 37.1 Å². The average molecular weight is 318 g/mol. The Hall–Kier alpha value is -0.960. The monoisotopic (exact) mass is 317 g/mol. The third-order valence-electron chi connectivity index (χ3n) is 2.61. The number of para-hydroxylation sites is 1. The van der Waals surface area contributed by atoms with E-state index in [0.29, 0.717) is 5.03 Å². The molecule has 1 aliphatic heterocycles. The van der Waals surface area contributed by atoms with E-state index in [9.17, 15) is 4.57 Å². The van der Waals surface area contributed by atoms with Crippen molar-refractivity contribution in [3.05, 3.63) is 35.5 Å². The first-order valence-corrected chi connectivity index (χ1v) is 9.00. The molecule has 4 nitrogen and oxygen atoms in total. The Morgan fingerprint density at radius 3 is 2.68 bits per heavy atom. The number of nitrogens with one attached hydrogen (secondary N) is 2. The van der Waals surface area contributed by atoms with Crippen LogP contribution in [0.4, 0.5) is 5.69 Å². The summed E-state index contributed by atoms with van der Waals surface area (Å²) in [5, 5.41) is 7.39. The molecule has 1 atom stereocenters. The van der Waals surface area contributed by atoms with Crippen molar-refractivity contribution in [1.82, 2.24) is 5.32 Å². The molecular weight excluding hydrogens is 304 g/mol. The number of nitrogens with zero attached hydrogens (tertiary/aromatic N) is 1. The van der Waals surface area contributed by atoms with Crippen LogP contribution >= 0.6 is 30.3 Å². The maximum Gasteiger partial charge on any atom is 0.197 e. The van der Waals surface area contributed by atoms with E-state index in [1.165, 1.54) is 0 Å². The normalized spacial score (nSPS) is 19.3. The lowest BCUT2D eigenvalue weighted by atomic mass is 10.3. The number of amidine groups is 1. The van der Waals surface area contributed by atoms with Crippen LogP contribution in [0.5, 0.6) is 0 Å². The topological polar surface area (TPSA) is 53.5 Å². The number of halogens is 2. The second kappa shape index (κ2) is 5.58. The number of benzene rings is 1. The molecule has 0 amide bonds. The molecule has 1 aromatic carbocycles. The van der Waals surface area contributed by atoms with Crippen LogP contribution in [0, 0.1) is 0 Å². The average Bonchev–Trinajstić information content (AvgIpc) is 2.33. The van der Waals surface area contributed by atoms with Crippen LogP contribution in [0.2, 0.25) is 0 Å². The Morgan fingerprint density at radius 1 is 1.32 bits per heavy atom. The summed E-state index contributed by atoms with van der Waals surface area (Å²) in [6.07, 6.45) is 1.11. The molecule has 102 valence electrons. The zero-order valence-electron chi connectivity index (χ0n) is 10.5. The molecule has 1 aromatic rings. The fourth-order valence-electron chi connectivity index (χ4n) is 1.73. The Morgan fingerprint density at radius 2 is 2.00 bits per heavy atom. The van der Waals surface area contributed by atoms with Crippen molar-refractivity contribution in [3.8, 4) is 0 Å². The van der Waals surface area contributed by atoms with E-state index < -0.39 is 13.3 Å². The van der Waals surface area contributed by atoms with Gasteiger partial charge in [-0.2, -0.15) is 0 Å². The van der Waals surface area contributed by atoms with Crippen LogP contribution < -0.4 is 15.9 Å². The van der Waals surface area contributed by atoms with E-state index in [0.717, 1.165) is 11.0 Å². The molecule has 7 heteroatoms. The van der Waals surface area contributed by atoms with Gasteiger partial charge in [0.05, 0.1) is 5.03 Å². The van der Waals surface area contributed by atoms with Crippen molar-refractivity contribution in [2.24, 2.45) is 4.99 Å². The quantitative estimate of drug-likeness (QED) is 0.665. The van der Waals surface area contributed by atoms with E-state index in [1.54, 1.807) is 19.5 Å². The summed E-state index contributed by atoms with van der Waals surface area (Å²) in [5.74, 6) is 0. The second-order valence-corrected chi connectivity index (χ2v) is 8.49. The van der Waals surface area contributed by atoms with Crippen LogP contribution in [0.25, 0.3) is 0 Å². The summed E-state index contributed by atoms with van der Waals surface area (Å²) in [7, 11) is -2.38. The van der Waals surface area contributed by atoms with Crippen LogP contribution in [0.15, 0.2) is 40.5 Å². The molecule has 0 saturated carbocycles. The smallest absolute Gasteiger partial charge is 0.197 e. The first kappa shape index (κ1) is 14.4. The maximum absolute atomic E-state index is 12.3. The summed E-state index contributed by atoms with van der Waals surface area (Å²) in [6.45, 7) is 3.45. The molecular formula is C12H14Cl2N3OP. The van der Waals surface area contributed by atoms with Crippen LogP contribution in [0.3, 0.4) is 0 Å². The first-order valence-electron chi connectivity index (χ1n) is 5.64. The Bertz CT molecular complexity index is 594. The van der Waals surface area contributed by atoms with Gasteiger partial charge >= 0.3 is 0 Å². The Labute approximate surface area is 122 Å². The summed E-state index contributed by atoms with van der Waals surface area (Å²) < 4.78 is 12.3. The Balaban J connectivity index is 2.32. The van der Waals surface area contributed by atoms with Gasteiger partial charge in [0.25, 0.3) is 0 Å². The van der Waals surface area contributed by atoms with Crippen molar-refractivity contribution in [1.29, 1.82) is 0 Å². The van der Waals surface area contributed by atoms with Gasteiger partial charge in [-0.1, -0.05) is 23.7 Å². The lowest BCUT2D eigenvalue weighted by molar-refractivity contribution is 0.588. The largest absolute Gasteiger partial charge is 0.359 e. The highest BCUT2D eigenvalue weighted by molar-refractivity contribution is 7.70. The van der Waals surface area contributed by atoms with Gasteiger partial charge in [0.1, 0.15) is 7.14 Å². The minimum absolute atomic E-state index is 0.260. The fourth-order valence-corrected chi connectivity index (χ4v) is 3.21. The highest BCUT2D eigenvalue weighted by atomic mass is 35.5. The summed E-state index contributed by atoms with van der Waals surface area (Å²) in [4.78, 5) is 4.15. The Kier molecular flexibility index (Phi) is 4.24. The second-order valence-electron chi connectivity index (χ2n) is 4.51. The van der Waals surface area contributed by atoms with Crippen LogP contribution in [0.1, 0.15) is 0 Å². The molecule has 0 saturated heterocycles. The molecule has 0 radical (unpaired) electrons. The standard InChI is InChI=1S/C12H14Cl2N3OP/c1-19(2,18)10-6-4-3-5-9(10)16-11-8(13)7-15-12(14)17-11/h3-7,11,16H,1-2H3,(H,15,17). The predicted octanol–water partition coefficient (Wildman–Crippen LogP) is 2.95. The number of anilines is 1. The van der Waals surface area contributed by atoms with Crippen molar-refractivity contribution >= 4 is 46.6 Å². The zero-order valence-corrected chi connectivity index (χ0v) is 12.9. The molecule has 0 spiro atoms. The van der Waals surface area contributed by atoms with E-state index in [2.05, 4.69) is 15.6 Å². The lowest BCUT2D eigenvalue weighted by Crippen LogP contribution is -2.29. The van der Waals surface area contributed by atoms with Crippen molar-refractivity contribution in [2.75, 3.05) is 18.6 Å². The SMILES string of the molecule is CP(C)(=O)c1ccccc1NC1N=C(Cl)NC=C1Cl. The van der Waals surface area contributed by atoms with Crippen LogP contribution in [-0.4, -0.2) is 24.8 Å². The maximum atomic E-state index is 12.3. The molecule has 1 unspecified atom stereocenters. The van der Waals surface area contributed by atoms with Gasteiger partial charge in [-0.3, -0.25) is 0 Å². The van der Waals surface area contributed by atoms with Gasteiger partial charge in [-0.15, -0.1) is 0 Å². The minimum atomic E-state index is -2.38. The zero-order chi connectivity index (χ0) is 14.0. The van der Waals surface area contributed by atoms with Gasteiger partial charge in [0, 0.05) is 17.2 Å². The highest BCUT2D eigenvalue weighted by Gasteiger charge is 2.20. The molecule has 0 aromatic heterocycles. The summed E-state index contributed by atoms with van der Waals surface area (Å²) in [5.41, 5.74) is 0.752. The molecule has 2 N–H and O–H groups in total. The third-order valence-corrected chi connectivity index (χ3v) is 4.68. The fraction of sp³-hybridized carbons (Fsp3) is 0.250. The highest BCUT2D eigenvalue weighted by Crippen LogP contribution is 2.38. The van der Waals surface area contributed by atoms with Gasteiger partial charge in [0.15, 0.2) is 11.5 Å². The van der Waals surface area contributed by atoms with E-state index in [-0.39, 0.29) is 5.29 Å². The summed E-state index contributed by atoms with van der Waals surface area (Å²) >= 11 is 11.9. The molecule has 0 aliphatic carbocycles. The van der Waals surface area contributed by atoms with E-state index >= 15 is 0 Å². The third kappa shape index (κ3) is 3.53. The molecule has 19 heavy (non-hydrogen) atoms. The number of aliphatic imine (C=N–C) groups is 1. The van der Waals surface area contributed by atoms with E-state index in [1.807, 2.05) is 24.3 Å². The molecule has 2 rings (SSSR count). The molecule has 0 bridgehead atoms. The molecule has 0 fully saturated rings. The number of hydrogen-bond donors (Lipinski definition) is 2. The first-order chi connectivity index (χ1) is 8.88. The van der Waals surface area contributed by atoms with Crippen molar-refractivity contribution in [3.63, 3.8) is 0 Å². The van der Waals surface area contributed by atoms with Gasteiger partial charge < -0.3 is 15.2 Å². The van der Waals surface area contributed by atoms with E-state index in [4.69, 9.17) is 23.2 Å². The van der Waals surface area contributed by atoms with Gasteiger partial charge in [-0.25, -0.2) is 4.99 Å². The molecule has 1 heterocycles.